The zero-order chi connectivity index (χ0) is 13.1. The summed E-state index contributed by atoms with van der Waals surface area (Å²) in [5.74, 6) is 0.746. The van der Waals surface area contributed by atoms with Gasteiger partial charge in [0.05, 0.1) is 6.04 Å². The number of nitrogens with one attached hydrogen (secondary N) is 2. The molecule has 2 aromatic rings. The topological polar surface area (TPSA) is 69.7 Å². The first-order valence-corrected chi connectivity index (χ1v) is 6.60. The Bertz CT molecular complexity index is 518. The molecule has 0 spiro atoms. The van der Waals surface area contributed by atoms with E-state index in [4.69, 9.17) is 0 Å². The van der Waals surface area contributed by atoms with Crippen LogP contribution in [-0.2, 0) is 0 Å². The molecule has 100 valence electrons. The number of aryl methyl sites for hydroxylation is 1. The summed E-state index contributed by atoms with van der Waals surface area (Å²) in [6.45, 7) is 6.12. The third-order valence-electron chi connectivity index (χ3n) is 3.61. The highest BCUT2D eigenvalue weighted by atomic mass is 15.5. The van der Waals surface area contributed by atoms with Gasteiger partial charge >= 0.3 is 0 Å². The Morgan fingerprint density at radius 3 is 2.68 bits per heavy atom. The van der Waals surface area contributed by atoms with Crippen molar-refractivity contribution in [1.82, 2.24) is 30.8 Å². The first-order chi connectivity index (χ1) is 9.36. The van der Waals surface area contributed by atoms with Crippen LogP contribution in [0.4, 0.5) is 0 Å². The molecule has 0 radical (unpaired) electrons. The largest absolute Gasteiger partial charge is 0.314 e. The smallest absolute Gasteiger partial charge is 0.196 e. The molecule has 1 aliphatic heterocycles. The van der Waals surface area contributed by atoms with Gasteiger partial charge < -0.3 is 5.32 Å². The van der Waals surface area contributed by atoms with Crippen molar-refractivity contribution >= 4 is 0 Å². The predicted octanol–water partition coefficient (Wildman–Crippen LogP) is 0.503. The summed E-state index contributed by atoms with van der Waals surface area (Å²) in [5, 5.41) is 18.1. The second-order valence-corrected chi connectivity index (χ2v) is 4.82. The van der Waals surface area contributed by atoms with Crippen LogP contribution in [0.1, 0.15) is 23.0 Å². The van der Waals surface area contributed by atoms with Gasteiger partial charge in [0.2, 0.25) is 0 Å². The number of aromatic amines is 1. The zero-order valence-corrected chi connectivity index (χ0v) is 11.0. The first-order valence-electron chi connectivity index (χ1n) is 6.60. The molecule has 6 nitrogen and oxygen atoms in total. The predicted molar refractivity (Wildman–Crippen MR) is 71.6 cm³/mol. The van der Waals surface area contributed by atoms with E-state index in [0.29, 0.717) is 0 Å². The van der Waals surface area contributed by atoms with Crippen molar-refractivity contribution in [3.8, 4) is 0 Å². The lowest BCUT2D eigenvalue weighted by atomic mass is 9.99. The number of hydrogen-bond donors (Lipinski definition) is 2. The van der Waals surface area contributed by atoms with Crippen molar-refractivity contribution in [3.63, 3.8) is 0 Å². The minimum Gasteiger partial charge on any atom is -0.314 e. The maximum absolute atomic E-state index is 4.20. The number of H-pyrrole nitrogens is 1. The third-order valence-corrected chi connectivity index (χ3v) is 3.61. The second kappa shape index (κ2) is 5.46. The summed E-state index contributed by atoms with van der Waals surface area (Å²) in [6, 6.07) is 8.49. The van der Waals surface area contributed by atoms with Gasteiger partial charge in [0.15, 0.2) is 5.82 Å². The quantitative estimate of drug-likeness (QED) is 0.839. The van der Waals surface area contributed by atoms with E-state index in [1.165, 1.54) is 11.1 Å². The average Bonchev–Trinajstić information content (AvgIpc) is 2.96. The fraction of sp³-hybridized carbons (Fsp3) is 0.462. The number of benzene rings is 1. The Morgan fingerprint density at radius 1 is 1.21 bits per heavy atom. The lowest BCUT2D eigenvalue weighted by Gasteiger charge is -2.34. The van der Waals surface area contributed by atoms with E-state index in [9.17, 15) is 0 Å². The normalized spacial score (nSPS) is 18.4. The summed E-state index contributed by atoms with van der Waals surface area (Å²) >= 11 is 0. The van der Waals surface area contributed by atoms with Crippen molar-refractivity contribution in [1.29, 1.82) is 0 Å². The molecule has 1 unspecified atom stereocenters. The molecule has 3 rings (SSSR count). The molecule has 0 saturated carbocycles. The van der Waals surface area contributed by atoms with E-state index in [0.717, 1.165) is 32.0 Å². The van der Waals surface area contributed by atoms with Gasteiger partial charge in [0, 0.05) is 26.2 Å². The number of rotatable bonds is 3. The fourth-order valence-electron chi connectivity index (χ4n) is 2.62. The molecule has 1 fully saturated rings. The van der Waals surface area contributed by atoms with Crippen LogP contribution in [0, 0.1) is 6.92 Å². The summed E-state index contributed by atoms with van der Waals surface area (Å²) in [7, 11) is 0. The van der Waals surface area contributed by atoms with Crippen LogP contribution in [0.25, 0.3) is 0 Å². The van der Waals surface area contributed by atoms with Crippen molar-refractivity contribution in [2.75, 3.05) is 26.2 Å². The number of nitrogens with zero attached hydrogens (tertiary/aromatic N) is 4. The fourth-order valence-corrected chi connectivity index (χ4v) is 2.62. The molecular formula is C13H18N6. The van der Waals surface area contributed by atoms with Crippen LogP contribution in [0.15, 0.2) is 24.3 Å². The van der Waals surface area contributed by atoms with E-state index in [1.807, 2.05) is 0 Å². The SMILES string of the molecule is Cc1ccccc1C(c1nn[nH]n1)N1CCNCC1. The molecular weight excluding hydrogens is 240 g/mol. The lowest BCUT2D eigenvalue weighted by molar-refractivity contribution is 0.192. The lowest BCUT2D eigenvalue weighted by Crippen LogP contribution is -2.45. The summed E-state index contributed by atoms with van der Waals surface area (Å²) in [4.78, 5) is 2.41. The molecule has 2 N–H and O–H groups in total. The van der Waals surface area contributed by atoms with Crippen LogP contribution in [0.5, 0.6) is 0 Å². The van der Waals surface area contributed by atoms with Crippen LogP contribution in [-0.4, -0.2) is 51.7 Å². The average molecular weight is 258 g/mol. The van der Waals surface area contributed by atoms with Gasteiger partial charge in [0.25, 0.3) is 0 Å². The molecule has 1 atom stereocenters. The van der Waals surface area contributed by atoms with Gasteiger partial charge in [-0.15, -0.1) is 10.2 Å². The summed E-state index contributed by atoms with van der Waals surface area (Å²) < 4.78 is 0. The summed E-state index contributed by atoms with van der Waals surface area (Å²) in [6.07, 6.45) is 0. The van der Waals surface area contributed by atoms with Gasteiger partial charge in [0.1, 0.15) is 0 Å². The maximum Gasteiger partial charge on any atom is 0.196 e. The molecule has 0 aliphatic carbocycles. The highest BCUT2D eigenvalue weighted by Gasteiger charge is 2.28. The van der Waals surface area contributed by atoms with Crippen LogP contribution in [0.3, 0.4) is 0 Å². The van der Waals surface area contributed by atoms with E-state index in [2.05, 4.69) is 62.0 Å². The Balaban J connectivity index is 1.99. The molecule has 1 aliphatic rings. The van der Waals surface area contributed by atoms with Crippen LogP contribution < -0.4 is 5.32 Å². The van der Waals surface area contributed by atoms with Crippen LogP contribution in [0.2, 0.25) is 0 Å². The summed E-state index contributed by atoms with van der Waals surface area (Å²) in [5.41, 5.74) is 2.52. The van der Waals surface area contributed by atoms with E-state index >= 15 is 0 Å². The maximum atomic E-state index is 4.20. The van der Waals surface area contributed by atoms with Gasteiger partial charge in [-0.1, -0.05) is 29.5 Å². The highest BCUT2D eigenvalue weighted by molar-refractivity contribution is 5.32. The van der Waals surface area contributed by atoms with Crippen LogP contribution >= 0.6 is 0 Å². The van der Waals surface area contributed by atoms with Gasteiger partial charge in [-0.25, -0.2) is 0 Å². The van der Waals surface area contributed by atoms with Crippen molar-refractivity contribution in [2.45, 2.75) is 13.0 Å². The molecule has 0 amide bonds. The standard InChI is InChI=1S/C13H18N6/c1-10-4-2-3-5-11(10)12(13-15-17-18-16-13)19-8-6-14-7-9-19/h2-5,12,14H,6-9H2,1H3,(H,15,16,17,18). The van der Waals surface area contributed by atoms with E-state index in [1.54, 1.807) is 0 Å². The Hall–Kier alpha value is -1.79. The molecule has 2 heterocycles. The highest BCUT2D eigenvalue weighted by Crippen LogP contribution is 2.28. The Morgan fingerprint density at radius 2 is 2.00 bits per heavy atom. The first kappa shape index (κ1) is 12.3. The second-order valence-electron chi connectivity index (χ2n) is 4.82. The third kappa shape index (κ3) is 2.50. The molecule has 6 heteroatoms. The molecule has 0 bridgehead atoms. The van der Waals surface area contributed by atoms with Gasteiger partial charge in [-0.05, 0) is 18.1 Å². The monoisotopic (exact) mass is 258 g/mol. The molecule has 1 aromatic carbocycles. The van der Waals surface area contributed by atoms with Crippen molar-refractivity contribution in [2.24, 2.45) is 0 Å². The van der Waals surface area contributed by atoms with Gasteiger partial charge in [-0.2, -0.15) is 5.21 Å². The van der Waals surface area contributed by atoms with E-state index < -0.39 is 0 Å². The van der Waals surface area contributed by atoms with Crippen molar-refractivity contribution in [3.05, 3.63) is 41.2 Å². The van der Waals surface area contributed by atoms with E-state index in [-0.39, 0.29) is 6.04 Å². The molecule has 1 saturated heterocycles. The molecule has 19 heavy (non-hydrogen) atoms. The molecule has 1 aromatic heterocycles. The van der Waals surface area contributed by atoms with Gasteiger partial charge in [-0.3, -0.25) is 4.90 Å². The number of hydrogen-bond acceptors (Lipinski definition) is 5. The van der Waals surface area contributed by atoms with Crippen molar-refractivity contribution < 1.29 is 0 Å². The zero-order valence-electron chi connectivity index (χ0n) is 11.0. The number of piperazine rings is 1. The number of tetrazole rings is 1. The Kier molecular flexibility index (Phi) is 3.52. The Labute approximate surface area is 112 Å². The number of aromatic nitrogens is 4. The minimum absolute atomic E-state index is 0.0852. The minimum atomic E-state index is 0.0852.